The highest BCUT2D eigenvalue weighted by atomic mass is 31.2. The summed E-state index contributed by atoms with van der Waals surface area (Å²) in [6.45, 7) is 9.65. The number of phosphoric ester groups is 2. The van der Waals surface area contributed by atoms with Crippen LogP contribution in [0.2, 0.25) is 0 Å². The van der Waals surface area contributed by atoms with Gasteiger partial charge in [-0.3, -0.25) is 37.3 Å². The van der Waals surface area contributed by atoms with Crippen LogP contribution in [0.15, 0.2) is 0 Å². The average molecular weight is 1450 g/mol. The molecule has 0 rings (SSSR count). The number of hydrogen-bond acceptors (Lipinski definition) is 15. The first-order chi connectivity index (χ1) is 47.9. The lowest BCUT2D eigenvalue weighted by molar-refractivity contribution is -0.161. The van der Waals surface area contributed by atoms with Gasteiger partial charge in [0.25, 0.3) is 0 Å². The summed E-state index contributed by atoms with van der Waals surface area (Å²) in [5, 5.41) is 10.6. The first-order valence-corrected chi connectivity index (χ1v) is 44.5. The minimum atomic E-state index is -4.96. The molecule has 0 aromatic heterocycles. The first-order valence-electron chi connectivity index (χ1n) is 41.5. The molecule has 0 saturated heterocycles. The Bertz CT molecular complexity index is 1910. The largest absolute Gasteiger partial charge is 0.472 e. The van der Waals surface area contributed by atoms with Crippen LogP contribution in [0.4, 0.5) is 0 Å². The molecule has 0 aliphatic rings. The second-order valence-electron chi connectivity index (χ2n) is 29.8. The molecule has 0 aromatic carbocycles. The van der Waals surface area contributed by atoms with E-state index in [4.69, 9.17) is 37.0 Å². The SMILES string of the molecule is CCCCCCCCCCCCCCCCCCCCC(=O)O[C@H](COC(=O)CCCCCCCCCCCCCCCCC(C)C)COP(=O)(O)OC[C@@H](O)COP(=O)(O)OC[C@@H](COC(=O)CCCCCCCCCCC)OC(=O)CCCCCCCCCCCCCCC(C)C. The summed E-state index contributed by atoms with van der Waals surface area (Å²) in [6, 6.07) is 0. The number of phosphoric acid groups is 2. The lowest BCUT2D eigenvalue weighted by Crippen LogP contribution is -2.30. The fraction of sp³-hybridized carbons (Fsp3) is 0.950. The van der Waals surface area contributed by atoms with E-state index in [0.29, 0.717) is 25.7 Å². The Morgan fingerprint density at radius 2 is 0.465 bits per heavy atom. The molecule has 0 bridgehead atoms. The van der Waals surface area contributed by atoms with E-state index in [1.54, 1.807) is 0 Å². The molecule has 3 N–H and O–H groups in total. The minimum absolute atomic E-state index is 0.107. The second-order valence-corrected chi connectivity index (χ2v) is 32.7. The summed E-state index contributed by atoms with van der Waals surface area (Å²) in [7, 11) is -9.92. The van der Waals surface area contributed by atoms with Crippen molar-refractivity contribution in [2.24, 2.45) is 11.8 Å². The first kappa shape index (κ1) is 97.1. The molecule has 99 heavy (non-hydrogen) atoms. The lowest BCUT2D eigenvalue weighted by atomic mass is 10.0. The Morgan fingerprint density at radius 1 is 0.273 bits per heavy atom. The van der Waals surface area contributed by atoms with E-state index in [9.17, 15) is 43.2 Å². The number of aliphatic hydroxyl groups is 1. The third-order valence-electron chi connectivity index (χ3n) is 18.7. The van der Waals surface area contributed by atoms with E-state index in [1.807, 2.05) is 0 Å². The van der Waals surface area contributed by atoms with Crippen LogP contribution in [0.25, 0.3) is 0 Å². The Labute approximate surface area is 607 Å². The summed E-state index contributed by atoms with van der Waals surface area (Å²) < 4.78 is 68.7. The van der Waals surface area contributed by atoms with Gasteiger partial charge in [-0.25, -0.2) is 9.13 Å². The molecule has 19 heteroatoms. The highest BCUT2D eigenvalue weighted by Gasteiger charge is 2.30. The van der Waals surface area contributed by atoms with Gasteiger partial charge < -0.3 is 33.8 Å². The van der Waals surface area contributed by atoms with Crippen molar-refractivity contribution in [1.82, 2.24) is 0 Å². The van der Waals surface area contributed by atoms with Crippen LogP contribution in [-0.2, 0) is 65.4 Å². The number of ether oxygens (including phenoxy) is 4. The zero-order valence-electron chi connectivity index (χ0n) is 64.8. The van der Waals surface area contributed by atoms with E-state index in [2.05, 4.69) is 41.5 Å². The number of hydrogen-bond donors (Lipinski definition) is 3. The Kier molecular flexibility index (Phi) is 70.3. The van der Waals surface area contributed by atoms with E-state index in [-0.39, 0.29) is 25.7 Å². The van der Waals surface area contributed by atoms with Crippen molar-refractivity contribution < 1.29 is 80.2 Å². The van der Waals surface area contributed by atoms with Crippen molar-refractivity contribution in [3.63, 3.8) is 0 Å². The third kappa shape index (κ3) is 74.1. The minimum Gasteiger partial charge on any atom is -0.462 e. The number of unbranched alkanes of at least 4 members (excludes halogenated alkanes) is 49. The van der Waals surface area contributed by atoms with Crippen LogP contribution in [0.3, 0.4) is 0 Å². The second kappa shape index (κ2) is 71.7. The van der Waals surface area contributed by atoms with Gasteiger partial charge in [0.05, 0.1) is 26.4 Å². The molecule has 0 amide bonds. The van der Waals surface area contributed by atoms with Crippen LogP contribution in [0.5, 0.6) is 0 Å². The monoisotopic (exact) mass is 1450 g/mol. The standard InChI is InChI=1S/C80H156O17P2/c1-7-9-11-13-15-17-18-19-20-21-22-23-28-34-40-46-52-58-64-79(84)97-76(69-91-78(83)63-57-51-45-39-33-27-25-24-26-31-37-42-48-54-60-72(3)4)71-95-99(88,89)93-67-74(81)66-92-98(86,87)94-70-75(68-90-77(82)62-56-50-44-36-16-14-12-10-8-2)96-80(85)65-59-53-47-41-35-30-29-32-38-43-49-55-61-73(5)6/h72-76,81H,7-71H2,1-6H3,(H,86,87)(H,88,89)/t74-,75+,76+/m0/s1. The van der Waals surface area contributed by atoms with Gasteiger partial charge in [0.15, 0.2) is 12.2 Å². The molecule has 0 aliphatic heterocycles. The Balaban J connectivity index is 5.23. The smallest absolute Gasteiger partial charge is 0.462 e. The van der Waals surface area contributed by atoms with Gasteiger partial charge in [0, 0.05) is 25.7 Å². The summed E-state index contributed by atoms with van der Waals surface area (Å²) in [5.41, 5.74) is 0. The summed E-state index contributed by atoms with van der Waals surface area (Å²) in [4.78, 5) is 72.9. The maximum absolute atomic E-state index is 13.1. The average Bonchev–Trinajstić information content (AvgIpc) is 1.56. The topological polar surface area (TPSA) is 237 Å². The zero-order chi connectivity index (χ0) is 72.8. The normalized spacial score (nSPS) is 13.9. The van der Waals surface area contributed by atoms with Crippen molar-refractivity contribution in [3.8, 4) is 0 Å². The Hall–Kier alpha value is -1.94. The fourth-order valence-electron chi connectivity index (χ4n) is 12.4. The highest BCUT2D eigenvalue weighted by molar-refractivity contribution is 7.47. The molecular weight excluding hydrogens is 1290 g/mol. The maximum Gasteiger partial charge on any atom is 0.472 e. The molecule has 0 saturated carbocycles. The van der Waals surface area contributed by atoms with Crippen LogP contribution in [0, 0.1) is 11.8 Å². The molecule has 17 nitrogen and oxygen atoms in total. The molecule has 0 heterocycles. The van der Waals surface area contributed by atoms with Crippen LogP contribution < -0.4 is 0 Å². The quantitative estimate of drug-likeness (QED) is 0.0222. The van der Waals surface area contributed by atoms with Gasteiger partial charge in [-0.15, -0.1) is 0 Å². The Morgan fingerprint density at radius 3 is 0.687 bits per heavy atom. The molecule has 0 fully saturated rings. The molecular formula is C80H156O17P2. The molecule has 0 spiro atoms. The van der Waals surface area contributed by atoms with Gasteiger partial charge in [0.1, 0.15) is 19.3 Å². The number of carbonyl (C=O) groups is 4. The third-order valence-corrected chi connectivity index (χ3v) is 20.6. The number of carbonyl (C=O) groups excluding carboxylic acids is 4. The van der Waals surface area contributed by atoms with E-state index >= 15 is 0 Å². The lowest BCUT2D eigenvalue weighted by Gasteiger charge is -2.21. The predicted molar refractivity (Wildman–Crippen MR) is 405 cm³/mol. The molecule has 0 aliphatic carbocycles. The summed E-state index contributed by atoms with van der Waals surface area (Å²) >= 11 is 0. The van der Waals surface area contributed by atoms with Crippen molar-refractivity contribution in [1.29, 1.82) is 0 Å². The number of aliphatic hydroxyl groups excluding tert-OH is 1. The number of esters is 4. The van der Waals surface area contributed by atoms with Gasteiger partial charge in [-0.05, 0) is 37.5 Å². The van der Waals surface area contributed by atoms with Gasteiger partial charge in [0.2, 0.25) is 0 Å². The molecule has 5 atom stereocenters. The van der Waals surface area contributed by atoms with E-state index < -0.39 is 97.5 Å². The van der Waals surface area contributed by atoms with Crippen molar-refractivity contribution in [3.05, 3.63) is 0 Å². The van der Waals surface area contributed by atoms with Crippen LogP contribution in [0.1, 0.15) is 420 Å². The van der Waals surface area contributed by atoms with Crippen LogP contribution >= 0.6 is 15.6 Å². The predicted octanol–water partition coefficient (Wildman–Crippen LogP) is 23.9. The summed E-state index contributed by atoms with van der Waals surface area (Å²) in [5.74, 6) is -0.534. The molecule has 2 unspecified atom stereocenters. The maximum atomic E-state index is 13.1. The van der Waals surface area contributed by atoms with Crippen molar-refractivity contribution in [2.45, 2.75) is 439 Å². The van der Waals surface area contributed by atoms with Crippen molar-refractivity contribution in [2.75, 3.05) is 39.6 Å². The van der Waals surface area contributed by atoms with Gasteiger partial charge >= 0.3 is 39.5 Å². The zero-order valence-corrected chi connectivity index (χ0v) is 66.6. The summed E-state index contributed by atoms with van der Waals surface area (Å²) in [6.07, 6.45) is 61.0. The fourth-order valence-corrected chi connectivity index (χ4v) is 13.9. The number of rotatable bonds is 79. The molecule has 588 valence electrons. The molecule has 0 aromatic rings. The molecule has 0 radical (unpaired) electrons. The highest BCUT2D eigenvalue weighted by Crippen LogP contribution is 2.45. The van der Waals surface area contributed by atoms with E-state index in [0.717, 1.165) is 102 Å². The van der Waals surface area contributed by atoms with E-state index in [1.165, 1.54) is 238 Å². The van der Waals surface area contributed by atoms with Crippen LogP contribution in [-0.4, -0.2) is 96.7 Å². The van der Waals surface area contributed by atoms with Gasteiger partial charge in [-0.1, -0.05) is 369 Å². The van der Waals surface area contributed by atoms with Gasteiger partial charge in [-0.2, -0.15) is 0 Å². The van der Waals surface area contributed by atoms with Crippen molar-refractivity contribution >= 4 is 39.5 Å².